The van der Waals surface area contributed by atoms with E-state index in [4.69, 9.17) is 0 Å². The van der Waals surface area contributed by atoms with E-state index >= 15 is 0 Å². The molecule has 0 unspecified atom stereocenters. The van der Waals surface area contributed by atoms with Crippen LogP contribution in [-0.2, 0) is 0 Å². The molecule has 0 saturated heterocycles. The number of aryl methyl sites for hydroxylation is 1. The van der Waals surface area contributed by atoms with Crippen LogP contribution in [0, 0.1) is 6.92 Å². The molecule has 0 aliphatic rings. The van der Waals surface area contributed by atoms with Gasteiger partial charge < -0.3 is 0 Å². The third-order valence-corrected chi connectivity index (χ3v) is 2.31. The molecular formula is C18H37NSn. The maximum atomic E-state index is 3.98. The minimum absolute atomic E-state index is 0. The van der Waals surface area contributed by atoms with Gasteiger partial charge in [-0.3, -0.25) is 4.98 Å². The number of hydrogen-bond acceptors (Lipinski definition) is 1. The zero-order chi connectivity index (χ0) is 15.4. The SMILES string of the molecule is CCCC.CCCC.CCCC.Cc1ccccn1.[Sn]. The van der Waals surface area contributed by atoms with Gasteiger partial charge in [0.1, 0.15) is 0 Å². The molecule has 0 spiro atoms. The predicted octanol–water partition coefficient (Wildman–Crippen LogP) is 6.43. The van der Waals surface area contributed by atoms with Gasteiger partial charge in [-0.15, -0.1) is 0 Å². The van der Waals surface area contributed by atoms with Crippen molar-refractivity contribution in [2.75, 3.05) is 0 Å². The van der Waals surface area contributed by atoms with Crippen molar-refractivity contribution < 1.29 is 0 Å². The van der Waals surface area contributed by atoms with Crippen molar-refractivity contribution >= 4 is 23.9 Å². The van der Waals surface area contributed by atoms with Crippen molar-refractivity contribution in [3.63, 3.8) is 0 Å². The average molecular weight is 386 g/mol. The second-order valence-corrected chi connectivity index (χ2v) is 4.47. The fourth-order valence-corrected chi connectivity index (χ4v) is 0.448. The van der Waals surface area contributed by atoms with Crippen LogP contribution in [0.5, 0.6) is 0 Å². The van der Waals surface area contributed by atoms with E-state index in [1.54, 1.807) is 6.20 Å². The van der Waals surface area contributed by atoms with Gasteiger partial charge in [0.05, 0.1) is 0 Å². The van der Waals surface area contributed by atoms with E-state index in [9.17, 15) is 0 Å². The molecular weight excluding hydrogens is 349 g/mol. The van der Waals surface area contributed by atoms with E-state index in [0.29, 0.717) is 0 Å². The first-order chi connectivity index (χ1) is 9.14. The number of nitrogens with zero attached hydrogens (tertiary/aromatic N) is 1. The Labute approximate surface area is 145 Å². The predicted molar refractivity (Wildman–Crippen MR) is 96.5 cm³/mol. The Balaban J connectivity index is -0.0000000881. The van der Waals surface area contributed by atoms with E-state index in [2.05, 4.69) is 46.5 Å². The van der Waals surface area contributed by atoms with Crippen molar-refractivity contribution in [3.8, 4) is 0 Å². The molecule has 0 aliphatic carbocycles. The Morgan fingerprint density at radius 2 is 1.05 bits per heavy atom. The van der Waals surface area contributed by atoms with Crippen LogP contribution in [0.25, 0.3) is 0 Å². The first kappa shape index (κ1) is 28.2. The molecule has 0 aliphatic heterocycles. The molecule has 0 fully saturated rings. The quantitative estimate of drug-likeness (QED) is 0.546. The molecule has 118 valence electrons. The van der Waals surface area contributed by atoms with Crippen LogP contribution in [0.4, 0.5) is 0 Å². The molecule has 1 aromatic heterocycles. The van der Waals surface area contributed by atoms with Crippen molar-refractivity contribution in [1.29, 1.82) is 0 Å². The Hall–Kier alpha value is -0.0513. The summed E-state index contributed by atoms with van der Waals surface area (Å²) < 4.78 is 0. The summed E-state index contributed by atoms with van der Waals surface area (Å²) in [6.07, 6.45) is 9.70. The molecule has 0 amide bonds. The summed E-state index contributed by atoms with van der Waals surface area (Å²) >= 11 is 0. The van der Waals surface area contributed by atoms with Crippen molar-refractivity contribution in [1.82, 2.24) is 4.98 Å². The molecule has 2 heteroatoms. The molecule has 1 heterocycles. The Kier molecular flexibility index (Phi) is 44.2. The molecule has 0 aromatic carbocycles. The van der Waals surface area contributed by atoms with Crippen LogP contribution in [-0.4, -0.2) is 28.9 Å². The maximum Gasteiger partial charge on any atom is 0.0372 e. The van der Waals surface area contributed by atoms with Crippen LogP contribution < -0.4 is 0 Å². The minimum Gasteiger partial charge on any atom is -0.262 e. The topological polar surface area (TPSA) is 12.9 Å². The van der Waals surface area contributed by atoms with Crippen LogP contribution in [0.15, 0.2) is 24.4 Å². The third-order valence-electron chi connectivity index (χ3n) is 2.31. The fourth-order valence-electron chi connectivity index (χ4n) is 0.448. The summed E-state index contributed by atoms with van der Waals surface area (Å²) in [5.41, 5.74) is 1.07. The van der Waals surface area contributed by atoms with Gasteiger partial charge in [-0.05, 0) is 19.1 Å². The van der Waals surface area contributed by atoms with E-state index in [0.717, 1.165) is 5.69 Å². The largest absolute Gasteiger partial charge is 0.262 e. The van der Waals surface area contributed by atoms with Gasteiger partial charge in [0.25, 0.3) is 0 Å². The monoisotopic (exact) mass is 387 g/mol. The summed E-state index contributed by atoms with van der Waals surface area (Å²) in [5.74, 6) is 0. The molecule has 0 bridgehead atoms. The first-order valence-electron chi connectivity index (χ1n) is 8.01. The summed E-state index contributed by atoms with van der Waals surface area (Å²) in [7, 11) is 0. The zero-order valence-electron chi connectivity index (χ0n) is 15.0. The number of hydrogen-bond donors (Lipinski definition) is 0. The Morgan fingerprint density at radius 1 is 0.700 bits per heavy atom. The Morgan fingerprint density at radius 3 is 1.15 bits per heavy atom. The van der Waals surface area contributed by atoms with Gasteiger partial charge in [-0.25, -0.2) is 0 Å². The molecule has 1 aromatic rings. The second-order valence-electron chi connectivity index (χ2n) is 4.47. The standard InChI is InChI=1S/C6H7N.3C4H10.Sn/c1-6-4-2-3-5-7-6;3*1-3-4-2;/h2-5H,1H3;3*3-4H2,1-2H3;. The van der Waals surface area contributed by atoms with Gasteiger partial charge in [-0.2, -0.15) is 0 Å². The summed E-state index contributed by atoms with van der Waals surface area (Å²) in [5, 5.41) is 0. The maximum absolute atomic E-state index is 3.98. The molecule has 4 radical (unpaired) electrons. The summed E-state index contributed by atoms with van der Waals surface area (Å²) in [6, 6.07) is 5.86. The van der Waals surface area contributed by atoms with Crippen molar-refractivity contribution in [2.24, 2.45) is 0 Å². The number of aromatic nitrogens is 1. The third kappa shape index (κ3) is 43.0. The Bertz CT molecular complexity index is 196. The second kappa shape index (κ2) is 31.4. The van der Waals surface area contributed by atoms with E-state index in [1.807, 2.05) is 25.1 Å². The van der Waals surface area contributed by atoms with Crippen LogP contribution in [0.2, 0.25) is 0 Å². The zero-order valence-corrected chi connectivity index (χ0v) is 17.9. The normalized spacial score (nSPS) is 7.55. The molecule has 1 nitrogen and oxygen atoms in total. The number of pyridine rings is 1. The van der Waals surface area contributed by atoms with Gasteiger partial charge in [0, 0.05) is 35.8 Å². The number of rotatable bonds is 3. The molecule has 0 atom stereocenters. The molecule has 20 heavy (non-hydrogen) atoms. The minimum atomic E-state index is 0. The number of unbranched alkanes of at least 4 members (excludes halogenated alkanes) is 3. The van der Waals surface area contributed by atoms with Crippen LogP contribution in [0.3, 0.4) is 0 Å². The van der Waals surface area contributed by atoms with Crippen molar-refractivity contribution in [2.45, 2.75) is 87.0 Å². The van der Waals surface area contributed by atoms with E-state index < -0.39 is 0 Å². The molecule has 0 saturated carbocycles. The van der Waals surface area contributed by atoms with E-state index in [1.165, 1.54) is 38.5 Å². The van der Waals surface area contributed by atoms with Crippen LogP contribution in [0.1, 0.15) is 85.8 Å². The summed E-state index contributed by atoms with van der Waals surface area (Å²) in [4.78, 5) is 3.98. The van der Waals surface area contributed by atoms with Gasteiger partial charge >= 0.3 is 0 Å². The average Bonchev–Trinajstić information content (AvgIpc) is 2.48. The fraction of sp³-hybridized carbons (Fsp3) is 0.722. The summed E-state index contributed by atoms with van der Waals surface area (Å²) in [6.45, 7) is 15.1. The van der Waals surface area contributed by atoms with Crippen molar-refractivity contribution in [3.05, 3.63) is 30.1 Å². The van der Waals surface area contributed by atoms with Crippen LogP contribution >= 0.6 is 0 Å². The van der Waals surface area contributed by atoms with Gasteiger partial charge in [0.2, 0.25) is 0 Å². The first-order valence-corrected chi connectivity index (χ1v) is 8.01. The van der Waals surface area contributed by atoms with Gasteiger partial charge in [0.15, 0.2) is 0 Å². The molecule has 1 rings (SSSR count). The smallest absolute Gasteiger partial charge is 0.0372 e. The molecule has 0 N–H and O–H groups in total. The van der Waals surface area contributed by atoms with Gasteiger partial charge in [-0.1, -0.05) is 86.1 Å². The van der Waals surface area contributed by atoms with E-state index in [-0.39, 0.29) is 23.9 Å².